The minimum Gasteiger partial charge on any atom is -0.367 e. The molecule has 150 valence electrons. The van der Waals surface area contributed by atoms with E-state index < -0.39 is 0 Å². The molecule has 1 atom stereocenters. The average Bonchev–Trinajstić information content (AvgIpc) is 3.34. The van der Waals surface area contributed by atoms with Crippen molar-refractivity contribution in [2.75, 3.05) is 31.6 Å². The molecule has 1 saturated heterocycles. The molecule has 0 radical (unpaired) electrons. The van der Waals surface area contributed by atoms with Gasteiger partial charge < -0.3 is 15.5 Å². The summed E-state index contributed by atoms with van der Waals surface area (Å²) in [4.78, 5) is 8.23. The number of aliphatic imine (C=N–C) groups is 1. The SMILES string of the molecule is CN=C(NCC1(Sc2ccccc2)CC1)NC1CCCN(c2cnn(C)c2)C1. The van der Waals surface area contributed by atoms with Crippen LogP contribution < -0.4 is 15.5 Å². The van der Waals surface area contributed by atoms with Crippen LogP contribution in [0.4, 0.5) is 5.69 Å². The van der Waals surface area contributed by atoms with Crippen molar-refractivity contribution in [3.63, 3.8) is 0 Å². The molecule has 2 fully saturated rings. The monoisotopic (exact) mass is 398 g/mol. The lowest BCUT2D eigenvalue weighted by Crippen LogP contribution is -2.52. The summed E-state index contributed by atoms with van der Waals surface area (Å²) >= 11 is 1.99. The number of nitrogens with one attached hydrogen (secondary N) is 2. The van der Waals surface area contributed by atoms with Gasteiger partial charge in [0.25, 0.3) is 0 Å². The van der Waals surface area contributed by atoms with Crippen LogP contribution in [0.25, 0.3) is 0 Å². The van der Waals surface area contributed by atoms with Gasteiger partial charge in [0, 0.05) is 55.6 Å². The van der Waals surface area contributed by atoms with E-state index in [1.54, 1.807) is 0 Å². The lowest BCUT2D eigenvalue weighted by molar-refractivity contribution is 0.468. The molecular formula is C21H30N6S. The molecule has 0 spiro atoms. The number of guanidine groups is 1. The molecule has 4 rings (SSSR count). The normalized spacial score (nSPS) is 21.4. The summed E-state index contributed by atoms with van der Waals surface area (Å²) < 4.78 is 2.18. The van der Waals surface area contributed by atoms with E-state index in [1.165, 1.54) is 36.3 Å². The van der Waals surface area contributed by atoms with Crippen LogP contribution in [0.5, 0.6) is 0 Å². The molecule has 1 aliphatic carbocycles. The van der Waals surface area contributed by atoms with Crippen LogP contribution in [-0.2, 0) is 7.05 Å². The number of hydrogen-bond acceptors (Lipinski definition) is 4. The van der Waals surface area contributed by atoms with Crippen molar-refractivity contribution in [2.45, 2.75) is 41.4 Å². The molecule has 2 N–H and O–H groups in total. The zero-order chi connectivity index (χ0) is 19.4. The Morgan fingerprint density at radius 2 is 2.14 bits per heavy atom. The first-order valence-electron chi connectivity index (χ1n) is 10.1. The third kappa shape index (κ3) is 4.82. The zero-order valence-corrected chi connectivity index (χ0v) is 17.6. The molecule has 2 heterocycles. The van der Waals surface area contributed by atoms with Gasteiger partial charge in [-0.15, -0.1) is 11.8 Å². The quantitative estimate of drug-likeness (QED) is 0.579. The number of piperidine rings is 1. The van der Waals surface area contributed by atoms with E-state index in [0.717, 1.165) is 25.6 Å². The fourth-order valence-corrected chi connectivity index (χ4v) is 4.97. The molecule has 7 heteroatoms. The van der Waals surface area contributed by atoms with Gasteiger partial charge in [-0.1, -0.05) is 18.2 Å². The number of anilines is 1. The molecule has 1 saturated carbocycles. The Kier molecular flexibility index (Phi) is 5.80. The fraction of sp³-hybridized carbons (Fsp3) is 0.524. The third-order valence-corrected chi connectivity index (χ3v) is 7.00. The minimum absolute atomic E-state index is 0.313. The number of nitrogens with zero attached hydrogens (tertiary/aromatic N) is 4. The van der Waals surface area contributed by atoms with Crippen molar-refractivity contribution in [3.05, 3.63) is 42.7 Å². The highest BCUT2D eigenvalue weighted by Gasteiger charge is 2.43. The van der Waals surface area contributed by atoms with Gasteiger partial charge in [-0.25, -0.2) is 0 Å². The lowest BCUT2D eigenvalue weighted by atomic mass is 10.1. The van der Waals surface area contributed by atoms with Gasteiger partial charge in [0.15, 0.2) is 5.96 Å². The predicted octanol–water partition coefficient (Wildman–Crippen LogP) is 2.88. The van der Waals surface area contributed by atoms with Crippen LogP contribution in [0.1, 0.15) is 25.7 Å². The molecule has 6 nitrogen and oxygen atoms in total. The van der Waals surface area contributed by atoms with Crippen LogP contribution in [-0.4, -0.2) is 53.2 Å². The maximum atomic E-state index is 4.47. The van der Waals surface area contributed by atoms with E-state index in [0.29, 0.717) is 10.8 Å². The Morgan fingerprint density at radius 1 is 1.32 bits per heavy atom. The fourth-order valence-electron chi connectivity index (χ4n) is 3.73. The molecule has 2 aliphatic rings. The second-order valence-electron chi connectivity index (χ2n) is 7.83. The van der Waals surface area contributed by atoms with Gasteiger partial charge in [0.05, 0.1) is 11.9 Å². The molecule has 28 heavy (non-hydrogen) atoms. The van der Waals surface area contributed by atoms with Crippen LogP contribution in [0, 0.1) is 0 Å². The maximum absolute atomic E-state index is 4.47. The van der Waals surface area contributed by atoms with E-state index in [1.807, 2.05) is 36.7 Å². The van der Waals surface area contributed by atoms with Crippen molar-refractivity contribution >= 4 is 23.4 Å². The van der Waals surface area contributed by atoms with Crippen molar-refractivity contribution in [3.8, 4) is 0 Å². The minimum atomic E-state index is 0.313. The average molecular weight is 399 g/mol. The first kappa shape index (κ1) is 19.2. The molecule has 0 amide bonds. The van der Waals surface area contributed by atoms with Crippen LogP contribution >= 0.6 is 11.8 Å². The third-order valence-electron chi connectivity index (χ3n) is 5.51. The van der Waals surface area contributed by atoms with E-state index in [4.69, 9.17) is 0 Å². The van der Waals surface area contributed by atoms with E-state index in [-0.39, 0.29) is 0 Å². The first-order valence-corrected chi connectivity index (χ1v) is 10.9. The Morgan fingerprint density at radius 3 is 2.82 bits per heavy atom. The molecule has 1 aromatic carbocycles. The second kappa shape index (κ2) is 8.47. The van der Waals surface area contributed by atoms with Gasteiger partial charge in [0.1, 0.15) is 0 Å². The lowest BCUT2D eigenvalue weighted by Gasteiger charge is -2.34. The van der Waals surface area contributed by atoms with Gasteiger partial charge in [0.2, 0.25) is 0 Å². The van der Waals surface area contributed by atoms with Crippen molar-refractivity contribution < 1.29 is 0 Å². The summed E-state index contributed by atoms with van der Waals surface area (Å²) in [5.41, 5.74) is 1.20. The van der Waals surface area contributed by atoms with Crippen molar-refractivity contribution in [1.29, 1.82) is 0 Å². The Hall–Kier alpha value is -2.15. The van der Waals surface area contributed by atoms with Crippen LogP contribution in [0.15, 0.2) is 52.6 Å². The van der Waals surface area contributed by atoms with Gasteiger partial charge in [-0.05, 0) is 37.8 Å². The molecule has 0 bridgehead atoms. The number of rotatable bonds is 6. The van der Waals surface area contributed by atoms with Gasteiger partial charge in [-0.3, -0.25) is 9.67 Å². The largest absolute Gasteiger partial charge is 0.367 e. The molecule has 2 aromatic rings. The summed E-state index contributed by atoms with van der Waals surface area (Å²) in [5, 5.41) is 11.5. The Balaban J connectivity index is 1.29. The molecular weight excluding hydrogens is 368 g/mol. The smallest absolute Gasteiger partial charge is 0.191 e. The highest BCUT2D eigenvalue weighted by atomic mass is 32.2. The van der Waals surface area contributed by atoms with E-state index in [9.17, 15) is 0 Å². The van der Waals surface area contributed by atoms with Gasteiger partial charge >= 0.3 is 0 Å². The number of thioether (sulfide) groups is 1. The highest BCUT2D eigenvalue weighted by molar-refractivity contribution is 8.01. The standard InChI is InChI=1S/C21H30N6S/c1-22-20(23-16-21(10-11-21)28-19-8-4-3-5-9-19)25-17-7-6-12-27(14-17)18-13-24-26(2)15-18/h3-5,8-9,13,15,17H,6-7,10-12,14,16H2,1-2H3,(H2,22,23,25). The maximum Gasteiger partial charge on any atom is 0.191 e. The first-order chi connectivity index (χ1) is 13.7. The second-order valence-corrected chi connectivity index (χ2v) is 9.37. The Labute approximate surface area is 171 Å². The summed E-state index contributed by atoms with van der Waals surface area (Å²) in [6.07, 6.45) is 8.91. The molecule has 1 aliphatic heterocycles. The molecule has 1 aromatic heterocycles. The predicted molar refractivity (Wildman–Crippen MR) is 117 cm³/mol. The van der Waals surface area contributed by atoms with Gasteiger partial charge in [-0.2, -0.15) is 5.10 Å². The topological polar surface area (TPSA) is 57.5 Å². The van der Waals surface area contributed by atoms with E-state index >= 15 is 0 Å². The summed E-state index contributed by atoms with van der Waals surface area (Å²) in [7, 11) is 3.83. The number of aromatic nitrogens is 2. The number of hydrogen-bond donors (Lipinski definition) is 2. The number of aryl methyl sites for hydroxylation is 1. The summed E-state index contributed by atoms with van der Waals surface area (Å²) in [6.45, 7) is 3.02. The highest BCUT2D eigenvalue weighted by Crippen LogP contribution is 2.51. The Bertz CT molecular complexity index is 798. The van der Waals surface area contributed by atoms with Crippen molar-refractivity contribution in [2.24, 2.45) is 12.0 Å². The number of benzene rings is 1. The summed E-state index contributed by atoms with van der Waals surface area (Å²) in [5.74, 6) is 0.915. The van der Waals surface area contributed by atoms with Crippen LogP contribution in [0.3, 0.4) is 0 Å². The van der Waals surface area contributed by atoms with Crippen molar-refractivity contribution in [1.82, 2.24) is 20.4 Å². The van der Waals surface area contributed by atoms with Crippen LogP contribution in [0.2, 0.25) is 0 Å². The van der Waals surface area contributed by atoms with E-state index in [2.05, 4.69) is 62.2 Å². The molecule has 1 unspecified atom stereocenters. The summed E-state index contributed by atoms with van der Waals surface area (Å²) in [6, 6.07) is 11.1. The zero-order valence-electron chi connectivity index (χ0n) is 16.8.